The minimum atomic E-state index is 0.0133. The van der Waals surface area contributed by atoms with Crippen molar-refractivity contribution in [3.63, 3.8) is 0 Å². The van der Waals surface area contributed by atoms with Crippen molar-refractivity contribution in [2.75, 3.05) is 26.2 Å². The molecule has 1 aromatic carbocycles. The molecule has 2 amide bonds. The van der Waals surface area contributed by atoms with Crippen molar-refractivity contribution in [2.45, 2.75) is 13.1 Å². The monoisotopic (exact) mass is 248 g/mol. The molecule has 1 aromatic rings. The van der Waals surface area contributed by atoms with Gasteiger partial charge in [0.25, 0.3) is 0 Å². The van der Waals surface area contributed by atoms with Crippen LogP contribution in [0.5, 0.6) is 0 Å². The number of amides is 2. The Bertz CT molecular complexity index is 384. The Labute approximate surface area is 107 Å². The van der Waals surface area contributed by atoms with E-state index in [0.29, 0.717) is 13.1 Å². The number of nitrogens with one attached hydrogen (secondary N) is 2. The van der Waals surface area contributed by atoms with E-state index in [2.05, 4.69) is 10.6 Å². The predicted molar refractivity (Wildman–Crippen MR) is 71.0 cm³/mol. The lowest BCUT2D eigenvalue weighted by Crippen LogP contribution is -2.50. The average Bonchev–Trinajstić information content (AvgIpc) is 2.46. The van der Waals surface area contributed by atoms with Crippen molar-refractivity contribution < 1.29 is 4.79 Å². The summed E-state index contributed by atoms with van der Waals surface area (Å²) >= 11 is 0. The molecule has 5 nitrogen and oxygen atoms in total. The number of piperazine rings is 1. The minimum Gasteiger partial charge on any atom is -0.334 e. The molecule has 18 heavy (non-hydrogen) atoms. The van der Waals surface area contributed by atoms with E-state index in [1.165, 1.54) is 0 Å². The Morgan fingerprint density at radius 2 is 1.83 bits per heavy atom. The van der Waals surface area contributed by atoms with Gasteiger partial charge in [0.15, 0.2) is 0 Å². The molecule has 98 valence electrons. The summed E-state index contributed by atoms with van der Waals surface area (Å²) in [4.78, 5) is 13.7. The Balaban J connectivity index is 1.80. The van der Waals surface area contributed by atoms with Gasteiger partial charge in [0.1, 0.15) is 0 Å². The van der Waals surface area contributed by atoms with Gasteiger partial charge in [0.05, 0.1) is 0 Å². The minimum absolute atomic E-state index is 0.0133. The van der Waals surface area contributed by atoms with E-state index < -0.39 is 0 Å². The van der Waals surface area contributed by atoms with E-state index in [9.17, 15) is 4.79 Å². The number of urea groups is 1. The lowest BCUT2D eigenvalue weighted by Gasteiger charge is -2.27. The maximum Gasteiger partial charge on any atom is 0.317 e. The van der Waals surface area contributed by atoms with Gasteiger partial charge < -0.3 is 21.3 Å². The first-order valence-electron chi connectivity index (χ1n) is 6.31. The Morgan fingerprint density at radius 3 is 2.44 bits per heavy atom. The molecule has 0 aromatic heterocycles. The molecule has 1 aliphatic heterocycles. The van der Waals surface area contributed by atoms with Gasteiger partial charge in [0.2, 0.25) is 0 Å². The highest BCUT2D eigenvalue weighted by Crippen LogP contribution is 2.03. The van der Waals surface area contributed by atoms with Crippen LogP contribution in [0.2, 0.25) is 0 Å². The van der Waals surface area contributed by atoms with Gasteiger partial charge in [-0.25, -0.2) is 4.79 Å². The summed E-state index contributed by atoms with van der Waals surface area (Å²) in [6.07, 6.45) is 0. The molecular formula is C13H20N4O. The Morgan fingerprint density at radius 1 is 1.22 bits per heavy atom. The zero-order valence-electron chi connectivity index (χ0n) is 10.5. The molecule has 1 fully saturated rings. The van der Waals surface area contributed by atoms with Gasteiger partial charge >= 0.3 is 6.03 Å². The first-order valence-corrected chi connectivity index (χ1v) is 6.31. The first-order chi connectivity index (χ1) is 8.79. The van der Waals surface area contributed by atoms with E-state index >= 15 is 0 Å². The van der Waals surface area contributed by atoms with Crippen molar-refractivity contribution in [1.82, 2.24) is 15.5 Å². The molecule has 2 rings (SSSR count). The fourth-order valence-electron chi connectivity index (χ4n) is 1.95. The summed E-state index contributed by atoms with van der Waals surface area (Å²) in [5.41, 5.74) is 7.73. The number of carbonyl (C=O) groups is 1. The molecule has 5 heteroatoms. The number of hydrogen-bond donors (Lipinski definition) is 3. The second-order valence-electron chi connectivity index (χ2n) is 4.42. The van der Waals surface area contributed by atoms with E-state index in [4.69, 9.17) is 5.73 Å². The normalized spacial score (nSPS) is 15.5. The quantitative estimate of drug-likeness (QED) is 0.718. The number of hydrogen-bond acceptors (Lipinski definition) is 3. The number of nitrogens with zero attached hydrogens (tertiary/aromatic N) is 1. The highest BCUT2D eigenvalue weighted by Gasteiger charge is 2.15. The van der Waals surface area contributed by atoms with Crippen molar-refractivity contribution in [2.24, 2.45) is 5.73 Å². The number of benzene rings is 1. The lowest BCUT2D eigenvalue weighted by molar-refractivity contribution is 0.190. The molecule has 0 aliphatic carbocycles. The summed E-state index contributed by atoms with van der Waals surface area (Å²) in [6.45, 7) is 4.41. The van der Waals surface area contributed by atoms with E-state index in [1.54, 1.807) is 0 Å². The van der Waals surface area contributed by atoms with Gasteiger partial charge in [-0.15, -0.1) is 0 Å². The molecule has 0 bridgehead atoms. The summed E-state index contributed by atoms with van der Waals surface area (Å²) in [7, 11) is 0. The molecule has 0 radical (unpaired) electrons. The van der Waals surface area contributed by atoms with E-state index in [-0.39, 0.29) is 6.03 Å². The fraction of sp³-hybridized carbons (Fsp3) is 0.462. The van der Waals surface area contributed by atoms with Crippen molar-refractivity contribution in [3.8, 4) is 0 Å². The third kappa shape index (κ3) is 3.45. The lowest BCUT2D eigenvalue weighted by atomic mass is 10.1. The van der Waals surface area contributed by atoms with Gasteiger partial charge in [-0.05, 0) is 11.1 Å². The molecule has 0 unspecified atom stereocenters. The van der Waals surface area contributed by atoms with Crippen LogP contribution in [-0.4, -0.2) is 37.1 Å². The second kappa shape index (κ2) is 6.37. The molecule has 4 N–H and O–H groups in total. The van der Waals surface area contributed by atoms with Crippen LogP contribution in [0.3, 0.4) is 0 Å². The average molecular weight is 248 g/mol. The highest BCUT2D eigenvalue weighted by atomic mass is 16.2. The summed E-state index contributed by atoms with van der Waals surface area (Å²) < 4.78 is 0. The van der Waals surface area contributed by atoms with Gasteiger partial charge in [-0.3, -0.25) is 0 Å². The summed E-state index contributed by atoms with van der Waals surface area (Å²) in [6, 6.07) is 8.00. The zero-order chi connectivity index (χ0) is 12.8. The highest BCUT2D eigenvalue weighted by molar-refractivity contribution is 5.74. The second-order valence-corrected chi connectivity index (χ2v) is 4.42. The van der Waals surface area contributed by atoms with Crippen molar-refractivity contribution in [3.05, 3.63) is 35.4 Å². The Hall–Kier alpha value is -1.59. The largest absolute Gasteiger partial charge is 0.334 e. The maximum atomic E-state index is 11.9. The summed E-state index contributed by atoms with van der Waals surface area (Å²) in [5.74, 6) is 0. The molecule has 1 saturated heterocycles. The first kappa shape index (κ1) is 12.9. The van der Waals surface area contributed by atoms with Crippen LogP contribution >= 0.6 is 0 Å². The van der Waals surface area contributed by atoms with Crippen LogP contribution in [0.25, 0.3) is 0 Å². The van der Waals surface area contributed by atoms with E-state index in [1.807, 2.05) is 29.2 Å². The van der Waals surface area contributed by atoms with E-state index in [0.717, 1.165) is 37.3 Å². The molecular weight excluding hydrogens is 228 g/mol. The molecule has 0 spiro atoms. The van der Waals surface area contributed by atoms with Gasteiger partial charge in [0, 0.05) is 39.3 Å². The molecule has 0 saturated carbocycles. The SMILES string of the molecule is NCc1ccc(CNC(=O)N2CCNCC2)cc1. The smallest absolute Gasteiger partial charge is 0.317 e. The number of nitrogens with two attached hydrogens (primary N) is 1. The molecule has 1 aliphatic rings. The standard InChI is InChI=1S/C13H20N4O/c14-9-11-1-3-12(4-2-11)10-16-13(18)17-7-5-15-6-8-17/h1-4,15H,5-10,14H2,(H,16,18). The third-order valence-electron chi connectivity index (χ3n) is 3.11. The van der Waals surface area contributed by atoms with Crippen LogP contribution in [0.1, 0.15) is 11.1 Å². The molecule has 1 heterocycles. The topological polar surface area (TPSA) is 70.4 Å². The van der Waals surface area contributed by atoms with Gasteiger partial charge in [-0.2, -0.15) is 0 Å². The maximum absolute atomic E-state index is 11.9. The van der Waals surface area contributed by atoms with Crippen LogP contribution in [0, 0.1) is 0 Å². The van der Waals surface area contributed by atoms with Crippen LogP contribution in [-0.2, 0) is 13.1 Å². The zero-order valence-corrected chi connectivity index (χ0v) is 10.5. The third-order valence-corrected chi connectivity index (χ3v) is 3.11. The number of rotatable bonds is 3. The summed E-state index contributed by atoms with van der Waals surface area (Å²) in [5, 5.41) is 6.16. The van der Waals surface area contributed by atoms with Crippen LogP contribution in [0.15, 0.2) is 24.3 Å². The van der Waals surface area contributed by atoms with Crippen molar-refractivity contribution >= 4 is 6.03 Å². The molecule has 0 atom stereocenters. The number of carbonyl (C=O) groups excluding carboxylic acids is 1. The van der Waals surface area contributed by atoms with Crippen molar-refractivity contribution in [1.29, 1.82) is 0 Å². The van der Waals surface area contributed by atoms with Gasteiger partial charge in [-0.1, -0.05) is 24.3 Å². The fourth-order valence-corrected chi connectivity index (χ4v) is 1.95. The van der Waals surface area contributed by atoms with Crippen LogP contribution in [0.4, 0.5) is 4.79 Å². The van der Waals surface area contributed by atoms with Crippen LogP contribution < -0.4 is 16.4 Å². The predicted octanol–water partition coefficient (Wildman–Crippen LogP) is 0.260. The Kier molecular flexibility index (Phi) is 4.55.